The molecule has 27 heavy (non-hydrogen) atoms. The molecule has 136 valence electrons. The summed E-state index contributed by atoms with van der Waals surface area (Å²) in [5, 5.41) is 32.9. The number of aromatic nitrogens is 2. The number of rotatable bonds is 4. The molecule has 3 aromatic rings. The predicted molar refractivity (Wildman–Crippen MR) is 98.7 cm³/mol. The number of benzene rings is 2. The van der Waals surface area contributed by atoms with Crippen LogP contribution in [0.4, 0.5) is 21.5 Å². The van der Waals surface area contributed by atoms with E-state index < -0.39 is 16.6 Å². The molecule has 0 aliphatic carbocycles. The van der Waals surface area contributed by atoms with Gasteiger partial charge in [-0.3, -0.25) is 10.1 Å². The summed E-state index contributed by atoms with van der Waals surface area (Å²) in [4.78, 5) is 10.3. The summed E-state index contributed by atoms with van der Waals surface area (Å²) in [7, 11) is 0. The van der Waals surface area contributed by atoms with Crippen LogP contribution < -0.4 is 5.73 Å². The maximum absolute atomic E-state index is 13.0. The van der Waals surface area contributed by atoms with E-state index in [1.165, 1.54) is 48.5 Å². The summed E-state index contributed by atoms with van der Waals surface area (Å²) in [6.45, 7) is 0. The van der Waals surface area contributed by atoms with Gasteiger partial charge in [0, 0.05) is 17.7 Å². The Balaban J connectivity index is 2.07. The van der Waals surface area contributed by atoms with Gasteiger partial charge in [-0.15, -0.1) is 5.11 Å². The fraction of sp³-hybridized carbons (Fsp3) is 0. The van der Waals surface area contributed by atoms with Crippen LogP contribution in [0.1, 0.15) is 0 Å². The Morgan fingerprint density at radius 3 is 2.37 bits per heavy atom. The number of nitro benzene ring substituents is 1. The molecule has 0 radical (unpaired) electrons. The maximum Gasteiger partial charge on any atom is 0.269 e. The molecule has 2 aromatic carbocycles. The number of thiocarbonyl (C=S) groups is 1. The average molecular weight is 386 g/mol. The Labute approximate surface area is 156 Å². The maximum atomic E-state index is 13.0. The minimum Gasteiger partial charge on any atom is -0.492 e. The third kappa shape index (κ3) is 3.77. The molecule has 0 amide bonds. The lowest BCUT2D eigenvalue weighted by Crippen LogP contribution is -2.19. The lowest BCUT2D eigenvalue weighted by atomic mass is 10.1. The van der Waals surface area contributed by atoms with E-state index in [4.69, 9.17) is 18.0 Å². The van der Waals surface area contributed by atoms with E-state index in [1.54, 1.807) is 0 Å². The van der Waals surface area contributed by atoms with E-state index >= 15 is 0 Å². The van der Waals surface area contributed by atoms with Crippen molar-refractivity contribution >= 4 is 34.4 Å². The molecule has 0 fully saturated rings. The number of aromatic hydroxyl groups is 1. The standard InChI is InChI=1S/C16H11FN6O3S/c17-10-3-5-11(6-4-10)19-20-14-13(21-22(15(14)24)16(18)27)9-1-7-12(8-2-9)23(25)26/h1-8,24H,(H2,18,27)/b20-19+. The van der Waals surface area contributed by atoms with Gasteiger partial charge in [0.25, 0.3) is 5.69 Å². The van der Waals surface area contributed by atoms with Gasteiger partial charge in [-0.2, -0.15) is 14.9 Å². The number of nitrogens with two attached hydrogens (primary N) is 1. The smallest absolute Gasteiger partial charge is 0.269 e. The monoisotopic (exact) mass is 386 g/mol. The molecule has 1 aromatic heterocycles. The van der Waals surface area contributed by atoms with Gasteiger partial charge in [-0.1, -0.05) is 0 Å². The van der Waals surface area contributed by atoms with Crippen molar-refractivity contribution in [1.29, 1.82) is 0 Å². The predicted octanol–water partition coefficient (Wildman–Crippen LogP) is 3.81. The van der Waals surface area contributed by atoms with Crippen LogP contribution in [0.15, 0.2) is 58.8 Å². The molecule has 0 bridgehead atoms. The third-order valence-electron chi connectivity index (χ3n) is 3.49. The molecule has 1 heterocycles. The van der Waals surface area contributed by atoms with Crippen LogP contribution in [0.25, 0.3) is 11.3 Å². The minimum atomic E-state index is -0.538. The van der Waals surface area contributed by atoms with E-state index in [2.05, 4.69) is 15.3 Å². The van der Waals surface area contributed by atoms with Crippen LogP contribution in [0.3, 0.4) is 0 Å². The first kappa shape index (κ1) is 18.1. The van der Waals surface area contributed by atoms with Crippen molar-refractivity contribution in [3.63, 3.8) is 0 Å². The highest BCUT2D eigenvalue weighted by Gasteiger charge is 2.21. The molecule has 11 heteroatoms. The molecule has 0 unspecified atom stereocenters. The first-order valence-corrected chi connectivity index (χ1v) is 7.81. The second-order valence-corrected chi connectivity index (χ2v) is 5.67. The van der Waals surface area contributed by atoms with Gasteiger partial charge in [0.2, 0.25) is 5.88 Å². The van der Waals surface area contributed by atoms with Crippen molar-refractivity contribution in [3.05, 3.63) is 64.5 Å². The number of azo groups is 1. The van der Waals surface area contributed by atoms with Crippen molar-refractivity contribution in [3.8, 4) is 17.1 Å². The van der Waals surface area contributed by atoms with E-state index in [-0.39, 0.29) is 22.2 Å². The molecule has 0 atom stereocenters. The highest BCUT2D eigenvalue weighted by Crippen LogP contribution is 2.38. The third-order valence-corrected chi connectivity index (χ3v) is 3.66. The number of hydrogen-bond donors (Lipinski definition) is 2. The van der Waals surface area contributed by atoms with Crippen molar-refractivity contribution in [2.45, 2.75) is 0 Å². The fourth-order valence-corrected chi connectivity index (χ4v) is 2.32. The summed E-state index contributed by atoms with van der Waals surface area (Å²) < 4.78 is 13.9. The van der Waals surface area contributed by atoms with Gasteiger partial charge in [-0.25, -0.2) is 4.39 Å². The zero-order chi connectivity index (χ0) is 19.6. The Bertz CT molecular complexity index is 1050. The van der Waals surface area contributed by atoms with Crippen molar-refractivity contribution in [1.82, 2.24) is 9.78 Å². The molecule has 3 N–H and O–H groups in total. The van der Waals surface area contributed by atoms with E-state index in [0.717, 1.165) is 4.68 Å². The molecular weight excluding hydrogens is 375 g/mol. The topological polar surface area (TPSA) is 132 Å². The molecular formula is C16H11FN6O3S. The number of non-ortho nitro benzene ring substituents is 1. The van der Waals surface area contributed by atoms with Gasteiger partial charge in [0.15, 0.2) is 10.8 Å². The summed E-state index contributed by atoms with van der Waals surface area (Å²) in [6.07, 6.45) is 0. The molecule has 0 aliphatic heterocycles. The van der Waals surface area contributed by atoms with Gasteiger partial charge in [-0.05, 0) is 48.6 Å². The summed E-state index contributed by atoms with van der Waals surface area (Å²) in [5.41, 5.74) is 6.32. The zero-order valence-electron chi connectivity index (χ0n) is 13.5. The molecule has 0 aliphatic rings. The Morgan fingerprint density at radius 1 is 1.19 bits per heavy atom. The van der Waals surface area contributed by atoms with Crippen molar-refractivity contribution in [2.75, 3.05) is 0 Å². The second kappa shape index (κ2) is 7.25. The number of halogens is 1. The SMILES string of the molecule is NC(=S)n1nc(-c2ccc([N+](=O)[O-])cc2)c(/N=N/c2ccc(F)cc2)c1O. The van der Waals surface area contributed by atoms with Crippen LogP contribution in [-0.4, -0.2) is 24.9 Å². The Kier molecular flexibility index (Phi) is 4.86. The lowest BCUT2D eigenvalue weighted by Gasteiger charge is -1.98. The van der Waals surface area contributed by atoms with Gasteiger partial charge in [0.1, 0.15) is 11.5 Å². The average Bonchev–Trinajstić information content (AvgIpc) is 2.98. The first-order chi connectivity index (χ1) is 12.9. The number of hydrogen-bond acceptors (Lipinski definition) is 7. The molecule has 0 saturated carbocycles. The van der Waals surface area contributed by atoms with Crippen LogP contribution >= 0.6 is 12.2 Å². The van der Waals surface area contributed by atoms with Crippen LogP contribution in [-0.2, 0) is 0 Å². The second-order valence-electron chi connectivity index (χ2n) is 5.25. The van der Waals surface area contributed by atoms with Crippen LogP contribution in [0, 0.1) is 15.9 Å². The zero-order valence-corrected chi connectivity index (χ0v) is 14.3. The highest BCUT2D eigenvalue weighted by atomic mass is 32.1. The number of nitrogens with zero attached hydrogens (tertiary/aromatic N) is 5. The van der Waals surface area contributed by atoms with E-state index in [0.29, 0.717) is 11.3 Å². The van der Waals surface area contributed by atoms with Gasteiger partial charge in [0.05, 0.1) is 10.6 Å². The Morgan fingerprint density at radius 2 is 1.81 bits per heavy atom. The molecule has 3 rings (SSSR count). The highest BCUT2D eigenvalue weighted by molar-refractivity contribution is 7.80. The van der Waals surface area contributed by atoms with E-state index in [9.17, 15) is 19.6 Å². The van der Waals surface area contributed by atoms with Crippen LogP contribution in [0.5, 0.6) is 5.88 Å². The largest absolute Gasteiger partial charge is 0.492 e. The Hall–Kier alpha value is -3.73. The number of nitro groups is 1. The quantitative estimate of drug-likeness (QED) is 0.303. The normalized spacial score (nSPS) is 11.0. The fourth-order valence-electron chi connectivity index (χ4n) is 2.20. The summed E-state index contributed by atoms with van der Waals surface area (Å²) >= 11 is 4.83. The summed E-state index contributed by atoms with van der Waals surface area (Å²) in [5.74, 6) is -0.869. The van der Waals surface area contributed by atoms with Crippen molar-refractivity contribution < 1.29 is 14.4 Å². The first-order valence-electron chi connectivity index (χ1n) is 7.40. The van der Waals surface area contributed by atoms with Gasteiger partial charge < -0.3 is 10.8 Å². The molecule has 0 spiro atoms. The summed E-state index contributed by atoms with van der Waals surface area (Å²) in [6, 6.07) is 10.7. The van der Waals surface area contributed by atoms with Crippen molar-refractivity contribution in [2.24, 2.45) is 16.0 Å². The molecule has 0 saturated heterocycles. The lowest BCUT2D eigenvalue weighted by molar-refractivity contribution is -0.384. The minimum absolute atomic E-state index is 0.0408. The molecule has 9 nitrogen and oxygen atoms in total. The van der Waals surface area contributed by atoms with Crippen LogP contribution in [0.2, 0.25) is 0 Å². The van der Waals surface area contributed by atoms with Gasteiger partial charge >= 0.3 is 0 Å². The van der Waals surface area contributed by atoms with E-state index in [1.807, 2.05) is 0 Å².